The van der Waals surface area contributed by atoms with Gasteiger partial charge in [-0.3, -0.25) is 9.98 Å². The number of pyridine rings is 2. The van der Waals surface area contributed by atoms with Crippen molar-refractivity contribution in [2.75, 3.05) is 0 Å². The summed E-state index contributed by atoms with van der Waals surface area (Å²) in [7, 11) is 0. The first-order valence-corrected chi connectivity index (χ1v) is 20.5. The summed E-state index contributed by atoms with van der Waals surface area (Å²) in [6.45, 7) is 0. The van der Waals surface area contributed by atoms with Gasteiger partial charge in [0.15, 0.2) is 0 Å². The molecule has 3 unspecified atom stereocenters. The summed E-state index contributed by atoms with van der Waals surface area (Å²) in [6, 6.07) is 63.5. The topological polar surface area (TPSA) is 62.5 Å². The predicted octanol–water partition coefficient (Wildman–Crippen LogP) is 12.4. The van der Waals surface area contributed by atoms with Crippen molar-refractivity contribution in [3.05, 3.63) is 245 Å². The Balaban J connectivity index is 0.963. The molecule has 3 atom stereocenters. The van der Waals surface area contributed by atoms with Gasteiger partial charge in [0, 0.05) is 39.8 Å². The Kier molecular flexibility index (Phi) is 8.97. The first kappa shape index (κ1) is 35.4. The van der Waals surface area contributed by atoms with E-state index in [2.05, 4.69) is 199 Å². The highest BCUT2D eigenvalue weighted by atomic mass is 15.0. The summed E-state index contributed by atoms with van der Waals surface area (Å²) >= 11 is 0. The van der Waals surface area contributed by atoms with Gasteiger partial charge >= 0.3 is 0 Å². The van der Waals surface area contributed by atoms with Crippen molar-refractivity contribution in [1.82, 2.24) is 15.3 Å². The van der Waals surface area contributed by atoms with Gasteiger partial charge in [-0.1, -0.05) is 176 Å². The summed E-state index contributed by atoms with van der Waals surface area (Å²) in [4.78, 5) is 20.8. The van der Waals surface area contributed by atoms with Crippen LogP contribution in [-0.2, 0) is 0 Å². The number of allylic oxidation sites excluding steroid dienone is 1. The maximum atomic E-state index is 5.42. The van der Waals surface area contributed by atoms with Gasteiger partial charge in [0.1, 0.15) is 11.9 Å². The Morgan fingerprint density at radius 1 is 0.550 bits per heavy atom. The minimum Gasteiger partial charge on any atom is -0.359 e. The molecule has 11 rings (SSSR count). The van der Waals surface area contributed by atoms with Gasteiger partial charge < -0.3 is 5.32 Å². The fourth-order valence-corrected chi connectivity index (χ4v) is 8.69. The predicted molar refractivity (Wildman–Crippen MR) is 246 cm³/mol. The number of para-hydroxylation sites is 1. The SMILES string of the molecule is C1=CC2C(c3ccc(C4=NC(c5cccc(-c6cccc7cccnc67)c5)=CC(c5ccccc5)N4)cc3)=CC(c3ccccc3)=NC2c2nc(-c3ccccc3)ccc21. The van der Waals surface area contributed by atoms with Crippen LogP contribution in [0.1, 0.15) is 51.2 Å². The Morgan fingerprint density at radius 2 is 1.25 bits per heavy atom. The third-order valence-electron chi connectivity index (χ3n) is 11.7. The second-order valence-corrected chi connectivity index (χ2v) is 15.4. The smallest absolute Gasteiger partial charge is 0.134 e. The molecular formula is C55H39N5. The maximum Gasteiger partial charge on any atom is 0.134 e. The molecule has 1 aliphatic carbocycles. The minimum atomic E-state index is -0.160. The van der Waals surface area contributed by atoms with Crippen LogP contribution in [-0.4, -0.2) is 21.5 Å². The normalized spacial score (nSPS) is 18.0. The molecule has 0 fully saturated rings. The number of hydrogen-bond acceptors (Lipinski definition) is 5. The number of amidine groups is 1. The van der Waals surface area contributed by atoms with E-state index in [1.807, 2.05) is 18.3 Å². The molecule has 0 saturated heterocycles. The van der Waals surface area contributed by atoms with E-state index in [1.165, 1.54) is 11.1 Å². The molecular weight excluding hydrogens is 731 g/mol. The lowest BCUT2D eigenvalue weighted by molar-refractivity contribution is 0.605. The van der Waals surface area contributed by atoms with Crippen LogP contribution in [0.2, 0.25) is 0 Å². The Bertz CT molecular complexity index is 3050. The monoisotopic (exact) mass is 769 g/mol. The van der Waals surface area contributed by atoms with Crippen molar-refractivity contribution < 1.29 is 0 Å². The van der Waals surface area contributed by atoms with E-state index >= 15 is 0 Å². The van der Waals surface area contributed by atoms with Crippen molar-refractivity contribution in [2.24, 2.45) is 15.9 Å². The third kappa shape index (κ3) is 6.66. The number of benzene rings is 6. The molecule has 1 N–H and O–H groups in total. The highest BCUT2D eigenvalue weighted by molar-refractivity contribution is 6.14. The second kappa shape index (κ2) is 15.2. The Morgan fingerprint density at radius 3 is 2.07 bits per heavy atom. The zero-order chi connectivity index (χ0) is 39.8. The maximum absolute atomic E-state index is 5.42. The summed E-state index contributed by atoms with van der Waals surface area (Å²) < 4.78 is 0. The average molecular weight is 770 g/mol. The van der Waals surface area contributed by atoms with E-state index in [0.717, 1.165) is 84.0 Å². The summed E-state index contributed by atoms with van der Waals surface area (Å²) in [5.74, 6) is 0.858. The quantitative estimate of drug-likeness (QED) is 0.176. The first-order chi connectivity index (χ1) is 29.7. The molecule has 2 aliphatic heterocycles. The molecule has 8 aromatic rings. The van der Waals surface area contributed by atoms with Gasteiger partial charge in [0.2, 0.25) is 0 Å². The molecule has 0 spiro atoms. The molecule has 0 amide bonds. The fraction of sp³-hybridized carbons (Fsp3) is 0.0545. The van der Waals surface area contributed by atoms with Crippen molar-refractivity contribution >= 4 is 39.8 Å². The molecule has 3 aliphatic rings. The standard InChI is InChI=1S/C55H39N5/c1-4-13-37(14-5-1)48-31-29-41-28-30-46-47(34-49(38-15-6-2-7-16-38)58-54(46)53(41)57-48)36-24-26-42(27-25-36)55-59-50(39-17-8-3-9-18-39)35-51(60-55)44-21-10-20-43(33-44)45-23-11-19-40-22-12-32-56-52(40)45/h1-35,46,50,54H,(H,59,60). The number of dihydropyridines is 1. The number of nitrogens with one attached hydrogen (secondary N) is 1. The lowest BCUT2D eigenvalue weighted by atomic mass is 9.77. The number of aliphatic imine (C=N–C) groups is 2. The molecule has 0 saturated carbocycles. The van der Waals surface area contributed by atoms with E-state index < -0.39 is 0 Å². The van der Waals surface area contributed by atoms with Crippen LogP contribution in [0, 0.1) is 5.92 Å². The largest absolute Gasteiger partial charge is 0.359 e. The van der Waals surface area contributed by atoms with Crippen LogP contribution in [0.5, 0.6) is 0 Å². The number of fused-ring (bicyclic) bond motifs is 4. The summed E-state index contributed by atoms with van der Waals surface area (Å²) in [6.07, 6.45) is 10.9. The van der Waals surface area contributed by atoms with Crippen molar-refractivity contribution in [3.63, 3.8) is 0 Å². The number of rotatable bonds is 7. The van der Waals surface area contributed by atoms with Gasteiger partial charge in [-0.25, -0.2) is 9.98 Å². The van der Waals surface area contributed by atoms with E-state index in [-0.39, 0.29) is 18.0 Å². The van der Waals surface area contributed by atoms with Crippen LogP contribution < -0.4 is 5.32 Å². The second-order valence-electron chi connectivity index (χ2n) is 15.4. The van der Waals surface area contributed by atoms with E-state index in [1.54, 1.807) is 0 Å². The van der Waals surface area contributed by atoms with Crippen molar-refractivity contribution in [2.45, 2.75) is 12.1 Å². The van der Waals surface area contributed by atoms with Crippen LogP contribution >= 0.6 is 0 Å². The van der Waals surface area contributed by atoms with Crippen LogP contribution in [0.25, 0.3) is 50.6 Å². The highest BCUT2D eigenvalue weighted by Crippen LogP contribution is 2.45. The molecule has 0 radical (unpaired) electrons. The van der Waals surface area contributed by atoms with Gasteiger partial charge in [-0.2, -0.15) is 0 Å². The van der Waals surface area contributed by atoms with Gasteiger partial charge in [-0.15, -0.1) is 0 Å². The van der Waals surface area contributed by atoms with Gasteiger partial charge in [0.05, 0.1) is 34.4 Å². The zero-order valence-electron chi connectivity index (χ0n) is 32.7. The Hall–Kier alpha value is -7.76. The molecule has 2 aromatic heterocycles. The van der Waals surface area contributed by atoms with E-state index in [4.69, 9.17) is 20.0 Å². The highest BCUT2D eigenvalue weighted by Gasteiger charge is 2.34. The number of hydrogen-bond donors (Lipinski definition) is 1. The molecule has 5 nitrogen and oxygen atoms in total. The lowest BCUT2D eigenvalue weighted by Gasteiger charge is -2.32. The minimum absolute atomic E-state index is 0.0284. The molecule has 5 heteroatoms. The molecule has 4 heterocycles. The summed E-state index contributed by atoms with van der Waals surface area (Å²) in [5.41, 5.74) is 16.0. The molecule has 60 heavy (non-hydrogen) atoms. The summed E-state index contributed by atoms with van der Waals surface area (Å²) in [5, 5.41) is 4.89. The lowest BCUT2D eigenvalue weighted by Crippen LogP contribution is -2.31. The van der Waals surface area contributed by atoms with Crippen molar-refractivity contribution in [1.29, 1.82) is 0 Å². The van der Waals surface area contributed by atoms with Crippen LogP contribution in [0.4, 0.5) is 0 Å². The molecule has 284 valence electrons. The molecule has 0 bridgehead atoms. The van der Waals surface area contributed by atoms with E-state index in [9.17, 15) is 0 Å². The first-order valence-electron chi connectivity index (χ1n) is 20.5. The third-order valence-corrected chi connectivity index (χ3v) is 11.7. The zero-order valence-corrected chi connectivity index (χ0v) is 32.7. The Labute approximate surface area is 349 Å². The molecule has 6 aromatic carbocycles. The number of aromatic nitrogens is 2. The van der Waals surface area contributed by atoms with Crippen LogP contribution in [0.15, 0.2) is 216 Å². The van der Waals surface area contributed by atoms with E-state index in [0.29, 0.717) is 0 Å². The average Bonchev–Trinajstić information content (AvgIpc) is 3.34. The fourth-order valence-electron chi connectivity index (χ4n) is 8.69. The van der Waals surface area contributed by atoms with Crippen LogP contribution in [0.3, 0.4) is 0 Å². The van der Waals surface area contributed by atoms with Crippen molar-refractivity contribution in [3.8, 4) is 22.4 Å². The van der Waals surface area contributed by atoms with Gasteiger partial charge in [0.25, 0.3) is 0 Å². The van der Waals surface area contributed by atoms with Gasteiger partial charge in [-0.05, 0) is 63.7 Å². The number of nitrogens with zero attached hydrogens (tertiary/aromatic N) is 4.